The highest BCUT2D eigenvalue weighted by Gasteiger charge is 2.17. The van der Waals surface area contributed by atoms with Crippen molar-refractivity contribution in [3.8, 4) is 11.5 Å². The first-order chi connectivity index (χ1) is 11.1. The number of aromatic nitrogens is 1. The van der Waals surface area contributed by atoms with Crippen molar-refractivity contribution in [1.29, 1.82) is 0 Å². The molecule has 1 aliphatic heterocycles. The molecule has 8 heteroatoms. The predicted octanol–water partition coefficient (Wildman–Crippen LogP) is 4.58. The zero-order valence-corrected chi connectivity index (χ0v) is 13.8. The van der Waals surface area contributed by atoms with Crippen molar-refractivity contribution in [2.75, 3.05) is 12.1 Å². The second-order valence-corrected chi connectivity index (χ2v) is 6.71. The molecule has 2 heterocycles. The molecule has 3 aromatic rings. The summed E-state index contributed by atoms with van der Waals surface area (Å²) in [4.78, 5) is 16.7. The number of nitrogens with zero attached hydrogens (tertiary/aromatic N) is 1. The highest BCUT2D eigenvalue weighted by Crippen LogP contribution is 2.39. The summed E-state index contributed by atoms with van der Waals surface area (Å²) in [6.07, 6.45) is 0. The zero-order valence-electron chi connectivity index (χ0n) is 11.4. The molecule has 2 aromatic carbocycles. The van der Waals surface area contributed by atoms with Gasteiger partial charge in [-0.2, -0.15) is 0 Å². The summed E-state index contributed by atoms with van der Waals surface area (Å²) >= 11 is 13.2. The van der Waals surface area contributed by atoms with Crippen molar-refractivity contribution < 1.29 is 14.3 Å². The standard InChI is InChI=1S/C15H8Cl2N2O3S/c16-8-1-7(2-9(17)3-8)14(20)19-15-18-10-4-11-12(22-6-21-11)5-13(10)23-15/h1-5H,6H2,(H,18,19,20). The molecule has 1 aromatic heterocycles. The maximum Gasteiger partial charge on any atom is 0.257 e. The van der Waals surface area contributed by atoms with Gasteiger partial charge in [0.2, 0.25) is 6.79 Å². The van der Waals surface area contributed by atoms with Crippen molar-refractivity contribution in [2.24, 2.45) is 0 Å². The quantitative estimate of drug-likeness (QED) is 0.720. The third-order valence-electron chi connectivity index (χ3n) is 3.23. The van der Waals surface area contributed by atoms with Crippen molar-refractivity contribution >= 4 is 55.8 Å². The first-order valence-corrected chi connectivity index (χ1v) is 8.13. The number of carbonyl (C=O) groups excluding carboxylic acids is 1. The van der Waals surface area contributed by atoms with Crippen LogP contribution in [0, 0.1) is 0 Å². The molecule has 1 N–H and O–H groups in total. The van der Waals surface area contributed by atoms with E-state index in [2.05, 4.69) is 10.3 Å². The van der Waals surface area contributed by atoms with E-state index in [-0.39, 0.29) is 12.7 Å². The van der Waals surface area contributed by atoms with E-state index in [1.54, 1.807) is 24.3 Å². The van der Waals surface area contributed by atoms with Crippen LogP contribution in [0.5, 0.6) is 11.5 Å². The van der Waals surface area contributed by atoms with Gasteiger partial charge in [-0.05, 0) is 18.2 Å². The van der Waals surface area contributed by atoms with Gasteiger partial charge in [-0.3, -0.25) is 10.1 Å². The van der Waals surface area contributed by atoms with Crippen LogP contribution in [0.15, 0.2) is 30.3 Å². The van der Waals surface area contributed by atoms with Gasteiger partial charge in [0.25, 0.3) is 5.91 Å². The number of amides is 1. The van der Waals surface area contributed by atoms with Crippen molar-refractivity contribution in [3.05, 3.63) is 45.9 Å². The molecule has 0 radical (unpaired) electrons. The molecule has 4 rings (SSSR count). The fourth-order valence-electron chi connectivity index (χ4n) is 2.23. The molecule has 5 nitrogen and oxygen atoms in total. The molecule has 0 unspecified atom stereocenters. The largest absolute Gasteiger partial charge is 0.454 e. The number of hydrogen-bond donors (Lipinski definition) is 1. The zero-order chi connectivity index (χ0) is 16.0. The first kappa shape index (κ1) is 14.6. The Morgan fingerprint density at radius 3 is 2.52 bits per heavy atom. The maximum atomic E-state index is 12.3. The number of fused-ring (bicyclic) bond motifs is 2. The Kier molecular flexibility index (Phi) is 3.52. The lowest BCUT2D eigenvalue weighted by atomic mass is 10.2. The fraction of sp³-hybridized carbons (Fsp3) is 0.0667. The number of ether oxygens (including phenoxy) is 2. The monoisotopic (exact) mass is 366 g/mol. The smallest absolute Gasteiger partial charge is 0.257 e. The topological polar surface area (TPSA) is 60.5 Å². The second-order valence-electron chi connectivity index (χ2n) is 4.80. The summed E-state index contributed by atoms with van der Waals surface area (Å²) < 4.78 is 11.5. The maximum absolute atomic E-state index is 12.3. The van der Waals surface area contributed by atoms with E-state index in [4.69, 9.17) is 32.7 Å². The fourth-order valence-corrected chi connectivity index (χ4v) is 3.62. The molecule has 0 saturated carbocycles. The SMILES string of the molecule is O=C(Nc1nc2cc3c(cc2s1)OCO3)c1cc(Cl)cc(Cl)c1. The molecule has 23 heavy (non-hydrogen) atoms. The van der Waals surface area contributed by atoms with Crippen LogP contribution in [0.3, 0.4) is 0 Å². The van der Waals surface area contributed by atoms with E-state index in [1.807, 2.05) is 6.07 Å². The van der Waals surface area contributed by atoms with Gasteiger partial charge < -0.3 is 9.47 Å². The summed E-state index contributed by atoms with van der Waals surface area (Å²) in [5, 5.41) is 4.02. The minimum atomic E-state index is -0.325. The van der Waals surface area contributed by atoms with Gasteiger partial charge >= 0.3 is 0 Å². The molecular weight excluding hydrogens is 359 g/mol. The predicted molar refractivity (Wildman–Crippen MR) is 90.2 cm³/mol. The van der Waals surface area contributed by atoms with E-state index in [1.165, 1.54) is 11.3 Å². The summed E-state index contributed by atoms with van der Waals surface area (Å²) in [5.41, 5.74) is 1.11. The Morgan fingerprint density at radius 2 is 1.78 bits per heavy atom. The summed E-state index contributed by atoms with van der Waals surface area (Å²) in [6.45, 7) is 0.214. The third kappa shape index (κ3) is 2.81. The Bertz CT molecular complexity index is 881. The van der Waals surface area contributed by atoms with Crippen LogP contribution >= 0.6 is 34.5 Å². The average Bonchev–Trinajstić information content (AvgIpc) is 3.08. The van der Waals surface area contributed by atoms with Gasteiger partial charge in [0, 0.05) is 27.7 Å². The molecule has 0 fully saturated rings. The van der Waals surface area contributed by atoms with Gasteiger partial charge in [-0.25, -0.2) is 4.98 Å². The molecule has 1 aliphatic rings. The van der Waals surface area contributed by atoms with Crippen LogP contribution < -0.4 is 14.8 Å². The normalized spacial score (nSPS) is 12.6. The summed E-state index contributed by atoms with van der Waals surface area (Å²) in [6, 6.07) is 8.30. The number of nitrogens with one attached hydrogen (secondary N) is 1. The third-order valence-corrected chi connectivity index (χ3v) is 4.60. The van der Waals surface area contributed by atoms with Crippen LogP contribution in [0.4, 0.5) is 5.13 Å². The number of rotatable bonds is 2. The summed E-state index contributed by atoms with van der Waals surface area (Å²) in [5.74, 6) is 1.01. The Morgan fingerprint density at radius 1 is 1.09 bits per heavy atom. The van der Waals surface area contributed by atoms with Crippen LogP contribution in [0.25, 0.3) is 10.2 Å². The Hall–Kier alpha value is -2.02. The molecule has 0 aliphatic carbocycles. The van der Waals surface area contributed by atoms with Crippen molar-refractivity contribution in [1.82, 2.24) is 4.98 Å². The Labute approximate surface area is 144 Å². The van der Waals surface area contributed by atoms with E-state index in [0.29, 0.717) is 32.2 Å². The first-order valence-electron chi connectivity index (χ1n) is 6.56. The second kappa shape index (κ2) is 5.56. The minimum Gasteiger partial charge on any atom is -0.454 e. The van der Waals surface area contributed by atoms with Crippen LogP contribution in [-0.4, -0.2) is 17.7 Å². The van der Waals surface area contributed by atoms with Crippen LogP contribution in [0.1, 0.15) is 10.4 Å². The van der Waals surface area contributed by atoms with E-state index in [9.17, 15) is 4.79 Å². The average molecular weight is 367 g/mol. The minimum absolute atomic E-state index is 0.214. The summed E-state index contributed by atoms with van der Waals surface area (Å²) in [7, 11) is 0. The van der Waals surface area contributed by atoms with Crippen LogP contribution in [0.2, 0.25) is 10.0 Å². The molecule has 0 bridgehead atoms. The van der Waals surface area contributed by atoms with E-state index < -0.39 is 0 Å². The van der Waals surface area contributed by atoms with Crippen LogP contribution in [-0.2, 0) is 0 Å². The number of halogens is 2. The van der Waals surface area contributed by atoms with E-state index >= 15 is 0 Å². The number of carbonyl (C=O) groups is 1. The number of hydrogen-bond acceptors (Lipinski definition) is 5. The molecule has 0 atom stereocenters. The van der Waals surface area contributed by atoms with E-state index in [0.717, 1.165) is 10.2 Å². The molecule has 116 valence electrons. The highest BCUT2D eigenvalue weighted by atomic mass is 35.5. The lowest BCUT2D eigenvalue weighted by Crippen LogP contribution is -2.11. The molecule has 1 amide bonds. The number of benzene rings is 2. The van der Waals surface area contributed by atoms with Gasteiger partial charge in [0.1, 0.15) is 0 Å². The number of thiazole rings is 1. The van der Waals surface area contributed by atoms with Crippen molar-refractivity contribution in [3.63, 3.8) is 0 Å². The number of anilines is 1. The molecule has 0 spiro atoms. The lowest BCUT2D eigenvalue weighted by Gasteiger charge is -2.02. The Balaban J connectivity index is 1.63. The van der Waals surface area contributed by atoms with Crippen molar-refractivity contribution in [2.45, 2.75) is 0 Å². The van der Waals surface area contributed by atoms with Gasteiger partial charge in [-0.1, -0.05) is 34.5 Å². The van der Waals surface area contributed by atoms with Gasteiger partial charge in [0.15, 0.2) is 16.6 Å². The molecular formula is C15H8Cl2N2O3S. The van der Waals surface area contributed by atoms with Gasteiger partial charge in [-0.15, -0.1) is 0 Å². The highest BCUT2D eigenvalue weighted by molar-refractivity contribution is 7.22. The van der Waals surface area contributed by atoms with Gasteiger partial charge in [0.05, 0.1) is 10.2 Å². The lowest BCUT2D eigenvalue weighted by molar-refractivity contribution is 0.102. The molecule has 0 saturated heterocycles.